The minimum absolute atomic E-state index is 0.217. The first-order valence-corrected chi connectivity index (χ1v) is 8.48. The Hall–Kier alpha value is -3.46. The smallest absolute Gasteiger partial charge is 0.271 e. The van der Waals surface area contributed by atoms with Crippen LogP contribution in [0.3, 0.4) is 0 Å². The molecule has 0 fully saturated rings. The molecule has 0 aliphatic heterocycles. The zero-order chi connectivity index (χ0) is 19.5. The maximum atomic E-state index is 12.2. The van der Waals surface area contributed by atoms with Gasteiger partial charge in [-0.25, -0.2) is 5.43 Å². The van der Waals surface area contributed by atoms with E-state index in [1.165, 1.54) is 7.11 Å². The molecule has 6 nitrogen and oxygen atoms in total. The first-order chi connectivity index (χ1) is 13.2. The Labute approximate surface area is 159 Å². The fourth-order valence-corrected chi connectivity index (χ4v) is 2.15. The number of nitrogens with one attached hydrogen (secondary N) is 1. The molecule has 0 spiro atoms. The molecule has 0 saturated heterocycles. The molecule has 0 saturated carbocycles. The van der Waals surface area contributed by atoms with Crippen LogP contribution in [0, 0.1) is 12.3 Å². The summed E-state index contributed by atoms with van der Waals surface area (Å²) in [5, 5.41) is 3.97. The van der Waals surface area contributed by atoms with Gasteiger partial charge in [-0.3, -0.25) is 4.79 Å². The van der Waals surface area contributed by atoms with Crippen LogP contribution in [0.1, 0.15) is 29.3 Å². The SMILES string of the molecule is C#CCOc1ccc(/C=N/NC(=O)c2ccc(OCCC)c(OC)c2)cc1. The average Bonchev–Trinajstić information content (AvgIpc) is 2.71. The summed E-state index contributed by atoms with van der Waals surface area (Å²) in [6, 6.07) is 12.2. The van der Waals surface area contributed by atoms with Gasteiger partial charge in [-0.05, 0) is 54.4 Å². The van der Waals surface area contributed by atoms with Crippen molar-refractivity contribution in [2.24, 2.45) is 5.10 Å². The number of terminal acetylenes is 1. The summed E-state index contributed by atoms with van der Waals surface area (Å²) in [5.41, 5.74) is 3.72. The summed E-state index contributed by atoms with van der Waals surface area (Å²) in [7, 11) is 1.53. The van der Waals surface area contributed by atoms with Crippen molar-refractivity contribution in [1.29, 1.82) is 0 Å². The second-order valence-electron chi connectivity index (χ2n) is 5.48. The van der Waals surface area contributed by atoms with E-state index in [9.17, 15) is 4.79 Å². The molecule has 1 N–H and O–H groups in total. The lowest BCUT2D eigenvalue weighted by atomic mass is 10.2. The molecule has 0 radical (unpaired) electrons. The number of amides is 1. The quantitative estimate of drug-likeness (QED) is 0.420. The monoisotopic (exact) mass is 366 g/mol. The number of methoxy groups -OCH3 is 1. The van der Waals surface area contributed by atoms with Gasteiger partial charge in [-0.15, -0.1) is 6.42 Å². The number of carbonyl (C=O) groups excluding carboxylic acids is 1. The Balaban J connectivity index is 1.96. The van der Waals surface area contributed by atoms with E-state index in [1.54, 1.807) is 36.5 Å². The molecule has 2 rings (SSSR count). The topological polar surface area (TPSA) is 69.2 Å². The Bertz CT molecular complexity index is 823. The van der Waals surface area contributed by atoms with Gasteiger partial charge < -0.3 is 14.2 Å². The third-order valence-corrected chi connectivity index (χ3v) is 3.47. The van der Waals surface area contributed by atoms with E-state index in [-0.39, 0.29) is 12.5 Å². The normalized spacial score (nSPS) is 10.3. The van der Waals surface area contributed by atoms with Gasteiger partial charge in [0.25, 0.3) is 5.91 Å². The van der Waals surface area contributed by atoms with Gasteiger partial charge in [-0.2, -0.15) is 5.10 Å². The van der Waals surface area contributed by atoms with Crippen LogP contribution < -0.4 is 19.6 Å². The molecule has 0 bridgehead atoms. The molecule has 0 aromatic heterocycles. The number of rotatable bonds is 9. The van der Waals surface area contributed by atoms with E-state index < -0.39 is 0 Å². The second-order valence-corrected chi connectivity index (χ2v) is 5.48. The molecule has 2 aromatic rings. The van der Waals surface area contributed by atoms with Gasteiger partial charge in [-0.1, -0.05) is 12.8 Å². The molecule has 2 aromatic carbocycles. The zero-order valence-corrected chi connectivity index (χ0v) is 15.4. The number of nitrogens with zero attached hydrogens (tertiary/aromatic N) is 1. The summed E-state index contributed by atoms with van der Waals surface area (Å²) in [4.78, 5) is 12.2. The molecule has 6 heteroatoms. The van der Waals surface area contributed by atoms with E-state index in [1.807, 2.05) is 19.1 Å². The lowest BCUT2D eigenvalue weighted by Gasteiger charge is -2.11. The Morgan fingerprint density at radius 3 is 2.63 bits per heavy atom. The van der Waals surface area contributed by atoms with Crippen LogP contribution in [-0.2, 0) is 0 Å². The van der Waals surface area contributed by atoms with Crippen LogP contribution in [-0.4, -0.2) is 32.4 Å². The number of hydrogen-bond acceptors (Lipinski definition) is 5. The minimum Gasteiger partial charge on any atom is -0.493 e. The molecule has 140 valence electrons. The molecular weight excluding hydrogens is 344 g/mol. The van der Waals surface area contributed by atoms with Gasteiger partial charge in [0.1, 0.15) is 12.4 Å². The summed E-state index contributed by atoms with van der Waals surface area (Å²) < 4.78 is 16.2. The van der Waals surface area contributed by atoms with Crippen LogP contribution in [0.2, 0.25) is 0 Å². The van der Waals surface area contributed by atoms with Crippen molar-refractivity contribution in [3.8, 4) is 29.6 Å². The zero-order valence-electron chi connectivity index (χ0n) is 15.4. The standard InChI is InChI=1S/C21H22N2O4/c1-4-12-26-18-9-6-16(7-10-18)15-22-23-21(24)17-8-11-19(27-13-5-2)20(14-17)25-3/h1,6-11,14-15H,5,12-13H2,2-3H3,(H,23,24)/b22-15+. The molecule has 0 atom stereocenters. The first kappa shape index (κ1) is 19.9. The van der Waals surface area contributed by atoms with Crippen molar-refractivity contribution in [3.05, 3.63) is 53.6 Å². The van der Waals surface area contributed by atoms with Gasteiger partial charge in [0.05, 0.1) is 19.9 Å². The second kappa shape index (κ2) is 10.5. The Morgan fingerprint density at radius 2 is 1.96 bits per heavy atom. The van der Waals surface area contributed by atoms with Crippen LogP contribution in [0.25, 0.3) is 0 Å². The average molecular weight is 366 g/mol. The van der Waals surface area contributed by atoms with Gasteiger partial charge in [0.2, 0.25) is 0 Å². The van der Waals surface area contributed by atoms with E-state index in [0.717, 1.165) is 12.0 Å². The summed E-state index contributed by atoms with van der Waals surface area (Å²) in [6.45, 7) is 2.82. The van der Waals surface area contributed by atoms with Crippen molar-refractivity contribution in [3.63, 3.8) is 0 Å². The fourth-order valence-electron chi connectivity index (χ4n) is 2.15. The lowest BCUT2D eigenvalue weighted by molar-refractivity contribution is 0.0954. The number of carbonyl (C=O) groups is 1. The lowest BCUT2D eigenvalue weighted by Crippen LogP contribution is -2.17. The highest BCUT2D eigenvalue weighted by atomic mass is 16.5. The van der Waals surface area contributed by atoms with Crippen molar-refractivity contribution >= 4 is 12.1 Å². The molecule has 0 aliphatic rings. The Kier molecular flexibility index (Phi) is 7.73. The number of hydrazone groups is 1. The molecule has 27 heavy (non-hydrogen) atoms. The molecule has 0 aliphatic carbocycles. The summed E-state index contributed by atoms with van der Waals surface area (Å²) >= 11 is 0. The highest BCUT2D eigenvalue weighted by Crippen LogP contribution is 2.28. The van der Waals surface area contributed by atoms with Crippen LogP contribution in [0.4, 0.5) is 0 Å². The molecule has 0 heterocycles. The van der Waals surface area contributed by atoms with Crippen LogP contribution >= 0.6 is 0 Å². The minimum atomic E-state index is -0.347. The van der Waals surface area contributed by atoms with Crippen molar-refractivity contribution in [2.75, 3.05) is 20.3 Å². The maximum Gasteiger partial charge on any atom is 0.271 e. The fraction of sp³-hybridized carbons (Fsp3) is 0.238. The molecule has 1 amide bonds. The summed E-state index contributed by atoms with van der Waals surface area (Å²) in [6.07, 6.45) is 7.57. The number of benzene rings is 2. The van der Waals surface area contributed by atoms with E-state index >= 15 is 0 Å². The van der Waals surface area contributed by atoms with Crippen molar-refractivity contribution in [2.45, 2.75) is 13.3 Å². The molecular formula is C21H22N2O4. The maximum absolute atomic E-state index is 12.2. The van der Waals surface area contributed by atoms with Gasteiger partial charge in [0.15, 0.2) is 11.5 Å². The van der Waals surface area contributed by atoms with E-state index in [0.29, 0.717) is 29.4 Å². The van der Waals surface area contributed by atoms with Crippen molar-refractivity contribution < 1.29 is 19.0 Å². The predicted molar refractivity (Wildman–Crippen MR) is 105 cm³/mol. The highest BCUT2D eigenvalue weighted by molar-refractivity contribution is 5.95. The third-order valence-electron chi connectivity index (χ3n) is 3.47. The van der Waals surface area contributed by atoms with Gasteiger partial charge in [0, 0.05) is 5.56 Å². The third kappa shape index (κ3) is 6.08. The number of ether oxygens (including phenoxy) is 3. The predicted octanol–water partition coefficient (Wildman–Crippen LogP) is 3.26. The summed E-state index contributed by atoms with van der Waals surface area (Å²) in [5.74, 6) is 3.83. The number of hydrogen-bond donors (Lipinski definition) is 1. The van der Waals surface area contributed by atoms with E-state index in [4.69, 9.17) is 20.6 Å². The highest BCUT2D eigenvalue weighted by Gasteiger charge is 2.10. The van der Waals surface area contributed by atoms with Crippen LogP contribution in [0.15, 0.2) is 47.6 Å². The largest absolute Gasteiger partial charge is 0.493 e. The van der Waals surface area contributed by atoms with Crippen LogP contribution in [0.5, 0.6) is 17.2 Å². The van der Waals surface area contributed by atoms with E-state index in [2.05, 4.69) is 16.4 Å². The Morgan fingerprint density at radius 1 is 1.19 bits per heavy atom. The van der Waals surface area contributed by atoms with Gasteiger partial charge >= 0.3 is 0 Å². The first-order valence-electron chi connectivity index (χ1n) is 8.48. The molecule has 0 unspecified atom stereocenters. The van der Waals surface area contributed by atoms with Crippen molar-refractivity contribution in [1.82, 2.24) is 5.43 Å².